The highest BCUT2D eigenvalue weighted by atomic mass is 16.5. The molecule has 0 saturated heterocycles. The molecule has 0 aliphatic heterocycles. The highest BCUT2D eigenvalue weighted by Gasteiger charge is 2.35. The van der Waals surface area contributed by atoms with Crippen LogP contribution in [-0.4, -0.2) is 37.8 Å². The Labute approximate surface area is 121 Å². The Morgan fingerprint density at radius 3 is 2.71 bits per heavy atom. The number of carbonyl (C=O) groups is 1. The monoisotopic (exact) mass is 294 g/mol. The summed E-state index contributed by atoms with van der Waals surface area (Å²) >= 11 is 0. The second kappa shape index (κ2) is 6.04. The lowest BCUT2D eigenvalue weighted by atomic mass is 9.96. The first-order chi connectivity index (χ1) is 10.1. The Morgan fingerprint density at radius 1 is 1.43 bits per heavy atom. The molecule has 2 aromatic rings. The van der Waals surface area contributed by atoms with Crippen molar-refractivity contribution in [2.75, 3.05) is 6.61 Å². The van der Waals surface area contributed by atoms with Crippen LogP contribution in [0.15, 0.2) is 10.9 Å². The number of nitrogens with one attached hydrogen (secondary N) is 1. The van der Waals surface area contributed by atoms with Crippen LogP contribution in [0.25, 0.3) is 11.6 Å². The molecule has 0 fully saturated rings. The number of imidazole rings is 1. The van der Waals surface area contributed by atoms with Gasteiger partial charge >= 0.3 is 5.97 Å². The first-order valence-electron chi connectivity index (χ1n) is 6.83. The molecule has 8 nitrogen and oxygen atoms in total. The average Bonchev–Trinajstić information content (AvgIpc) is 3.12. The van der Waals surface area contributed by atoms with Gasteiger partial charge in [-0.25, -0.2) is 9.78 Å². The van der Waals surface area contributed by atoms with Gasteiger partial charge in [0.15, 0.2) is 5.69 Å². The number of aromatic amines is 1. The molecule has 0 amide bonds. The maximum Gasteiger partial charge on any atom is 0.356 e. The minimum atomic E-state index is -1.16. The fourth-order valence-corrected chi connectivity index (χ4v) is 2.24. The summed E-state index contributed by atoms with van der Waals surface area (Å²) in [5.41, 5.74) is -0.584. The molecule has 2 heterocycles. The number of H-pyrrole nitrogens is 1. The summed E-state index contributed by atoms with van der Waals surface area (Å²) in [5, 5.41) is 13.0. The third-order valence-corrected chi connectivity index (χ3v) is 3.45. The van der Waals surface area contributed by atoms with Gasteiger partial charge in [0, 0.05) is 6.61 Å². The van der Waals surface area contributed by atoms with Crippen LogP contribution < -0.4 is 0 Å². The fourth-order valence-electron chi connectivity index (χ4n) is 2.24. The summed E-state index contributed by atoms with van der Waals surface area (Å²) in [6.45, 7) is 6.39. The van der Waals surface area contributed by atoms with Crippen LogP contribution in [0.3, 0.4) is 0 Å². The zero-order valence-corrected chi connectivity index (χ0v) is 12.2. The summed E-state index contributed by atoms with van der Waals surface area (Å²) < 4.78 is 11.0. The molecule has 0 unspecified atom stereocenters. The topological polar surface area (TPSA) is 114 Å². The van der Waals surface area contributed by atoms with Crippen molar-refractivity contribution in [2.24, 2.45) is 0 Å². The molecule has 114 valence electrons. The average molecular weight is 294 g/mol. The minimum Gasteiger partial charge on any atom is -0.476 e. The van der Waals surface area contributed by atoms with Gasteiger partial charge < -0.3 is 19.4 Å². The van der Waals surface area contributed by atoms with Crippen LogP contribution in [0, 0.1) is 0 Å². The van der Waals surface area contributed by atoms with E-state index in [2.05, 4.69) is 20.1 Å². The lowest BCUT2D eigenvalue weighted by Gasteiger charge is -2.27. The fraction of sp³-hybridized carbons (Fsp3) is 0.538. The standard InChI is InChI=1S/C13H18N4O4/c1-4-13(5-2,20-6-3)12-16-10(21-17-12)8-9(11(18)19)15-7-14-8/h7H,4-6H2,1-3H3,(H,14,15)(H,18,19). The van der Waals surface area contributed by atoms with Crippen molar-refractivity contribution < 1.29 is 19.2 Å². The molecular weight excluding hydrogens is 276 g/mol. The highest BCUT2D eigenvalue weighted by Crippen LogP contribution is 2.32. The lowest BCUT2D eigenvalue weighted by Crippen LogP contribution is -2.29. The molecule has 0 atom stereocenters. The normalized spacial score (nSPS) is 11.8. The van der Waals surface area contributed by atoms with Crippen LogP contribution in [0.1, 0.15) is 49.9 Å². The van der Waals surface area contributed by atoms with E-state index in [1.165, 1.54) is 6.33 Å². The number of hydrogen-bond acceptors (Lipinski definition) is 6. The first kappa shape index (κ1) is 15.2. The number of carboxylic acid groups (broad SMARTS) is 1. The van der Waals surface area contributed by atoms with Crippen molar-refractivity contribution in [1.82, 2.24) is 20.1 Å². The smallest absolute Gasteiger partial charge is 0.356 e. The van der Waals surface area contributed by atoms with Crippen molar-refractivity contribution >= 4 is 5.97 Å². The Hall–Kier alpha value is -2.22. The van der Waals surface area contributed by atoms with Gasteiger partial charge in [0.05, 0.1) is 6.33 Å². The van der Waals surface area contributed by atoms with E-state index in [1.807, 2.05) is 20.8 Å². The van der Waals surface area contributed by atoms with E-state index in [0.29, 0.717) is 25.3 Å². The van der Waals surface area contributed by atoms with Crippen LogP contribution in [0.4, 0.5) is 0 Å². The number of aromatic carboxylic acids is 1. The van der Waals surface area contributed by atoms with Gasteiger partial charge in [0.1, 0.15) is 11.3 Å². The van der Waals surface area contributed by atoms with Crippen molar-refractivity contribution in [2.45, 2.75) is 39.2 Å². The largest absolute Gasteiger partial charge is 0.476 e. The zero-order chi connectivity index (χ0) is 15.5. The van der Waals surface area contributed by atoms with Crippen molar-refractivity contribution in [3.05, 3.63) is 17.8 Å². The molecule has 0 aromatic carbocycles. The number of hydrogen-bond donors (Lipinski definition) is 2. The maximum atomic E-state index is 11.1. The summed E-state index contributed by atoms with van der Waals surface area (Å²) in [6.07, 6.45) is 2.65. The van der Waals surface area contributed by atoms with Crippen molar-refractivity contribution in [3.8, 4) is 11.6 Å². The molecule has 2 N–H and O–H groups in total. The van der Waals surface area contributed by atoms with Gasteiger partial charge in [-0.05, 0) is 19.8 Å². The zero-order valence-electron chi connectivity index (χ0n) is 12.2. The van der Waals surface area contributed by atoms with Crippen LogP contribution in [-0.2, 0) is 10.3 Å². The number of carboxylic acids is 1. The van der Waals surface area contributed by atoms with Crippen molar-refractivity contribution in [1.29, 1.82) is 0 Å². The summed E-state index contributed by atoms with van der Waals surface area (Å²) in [5.74, 6) is -0.658. The second-order valence-electron chi connectivity index (χ2n) is 4.49. The number of nitrogens with zero attached hydrogens (tertiary/aromatic N) is 3. The number of ether oxygens (including phenoxy) is 1. The minimum absolute atomic E-state index is 0.0888. The van der Waals surface area contributed by atoms with Gasteiger partial charge in [-0.3, -0.25) is 0 Å². The first-order valence-corrected chi connectivity index (χ1v) is 6.83. The van der Waals surface area contributed by atoms with Gasteiger partial charge in [-0.2, -0.15) is 4.98 Å². The van der Waals surface area contributed by atoms with Crippen molar-refractivity contribution in [3.63, 3.8) is 0 Å². The van der Waals surface area contributed by atoms with E-state index >= 15 is 0 Å². The molecule has 0 bridgehead atoms. The molecule has 0 saturated carbocycles. The third kappa shape index (κ3) is 2.66. The molecule has 21 heavy (non-hydrogen) atoms. The summed E-state index contributed by atoms with van der Waals surface area (Å²) in [4.78, 5) is 21.8. The van der Waals surface area contributed by atoms with E-state index < -0.39 is 11.6 Å². The van der Waals surface area contributed by atoms with E-state index in [-0.39, 0.29) is 17.3 Å². The van der Waals surface area contributed by atoms with E-state index in [9.17, 15) is 4.79 Å². The molecule has 0 radical (unpaired) electrons. The summed E-state index contributed by atoms with van der Waals surface area (Å²) in [7, 11) is 0. The second-order valence-corrected chi connectivity index (χ2v) is 4.49. The molecule has 0 aliphatic rings. The van der Waals surface area contributed by atoms with Crippen LogP contribution in [0.2, 0.25) is 0 Å². The van der Waals surface area contributed by atoms with E-state index in [0.717, 1.165) is 0 Å². The Morgan fingerprint density at radius 2 is 2.14 bits per heavy atom. The Kier molecular flexibility index (Phi) is 4.37. The van der Waals surface area contributed by atoms with Crippen LogP contribution >= 0.6 is 0 Å². The van der Waals surface area contributed by atoms with Gasteiger partial charge in [-0.1, -0.05) is 19.0 Å². The van der Waals surface area contributed by atoms with Gasteiger partial charge in [0.25, 0.3) is 5.89 Å². The quantitative estimate of drug-likeness (QED) is 0.804. The molecular formula is C13H18N4O4. The molecule has 0 spiro atoms. The molecule has 2 rings (SSSR count). The van der Waals surface area contributed by atoms with E-state index in [4.69, 9.17) is 14.4 Å². The highest BCUT2D eigenvalue weighted by molar-refractivity contribution is 5.91. The van der Waals surface area contributed by atoms with Gasteiger partial charge in [0.2, 0.25) is 5.82 Å². The van der Waals surface area contributed by atoms with Gasteiger partial charge in [-0.15, -0.1) is 0 Å². The number of aromatic nitrogens is 4. The Bertz CT molecular complexity index is 615. The predicted octanol–water partition coefficient (Wildman–Crippen LogP) is 2.21. The third-order valence-electron chi connectivity index (χ3n) is 3.45. The maximum absolute atomic E-state index is 11.1. The Balaban J connectivity index is 2.41. The predicted molar refractivity (Wildman–Crippen MR) is 72.7 cm³/mol. The molecule has 0 aliphatic carbocycles. The van der Waals surface area contributed by atoms with E-state index in [1.54, 1.807) is 0 Å². The lowest BCUT2D eigenvalue weighted by molar-refractivity contribution is -0.0583. The summed E-state index contributed by atoms with van der Waals surface area (Å²) in [6, 6.07) is 0. The SMILES string of the molecule is CCOC(CC)(CC)c1noc(-c2[nH]cnc2C(=O)O)n1. The molecule has 8 heteroatoms. The molecule has 2 aromatic heterocycles. The van der Waals surface area contributed by atoms with Crippen LogP contribution in [0.5, 0.6) is 0 Å². The number of rotatable bonds is 7.